The normalized spacial score (nSPS) is 48.2. The van der Waals surface area contributed by atoms with Gasteiger partial charge in [0.25, 0.3) is 0 Å². The molecule has 6 saturated heterocycles. The maximum atomic E-state index is 4.02. The molecule has 5 nitrogen and oxygen atoms in total. The van der Waals surface area contributed by atoms with Crippen molar-refractivity contribution in [2.45, 2.75) is 125 Å². The second kappa shape index (κ2) is 11.2. The molecule has 6 heteroatoms. The van der Waals surface area contributed by atoms with Crippen molar-refractivity contribution in [3.8, 4) is 0 Å². The quantitative estimate of drug-likeness (QED) is 0.396. The zero-order valence-electron chi connectivity index (χ0n) is 24.9. The molecule has 0 aromatic rings. The van der Waals surface area contributed by atoms with Crippen LogP contribution < -0.4 is 21.3 Å². The number of hydrogen-bond donors (Lipinski definition) is 4. The molecule has 6 heterocycles. The number of rotatable bonds is 2. The van der Waals surface area contributed by atoms with Crippen molar-refractivity contribution >= 4 is 6.71 Å². The molecule has 0 bridgehead atoms. The topological polar surface area (TPSA) is 51.4 Å². The highest BCUT2D eigenvalue weighted by molar-refractivity contribution is 6.64. The van der Waals surface area contributed by atoms with Gasteiger partial charge in [0.1, 0.15) is 0 Å². The van der Waals surface area contributed by atoms with Gasteiger partial charge < -0.3 is 21.3 Å². The summed E-state index contributed by atoms with van der Waals surface area (Å²) in [5.74, 6) is 6.63. The van der Waals surface area contributed by atoms with Gasteiger partial charge in [-0.1, -0.05) is 57.2 Å². The molecule has 218 valence electrons. The first-order valence-corrected chi connectivity index (χ1v) is 18.0. The molecule has 8 aliphatic rings. The number of piperidine rings is 5. The fraction of sp³-hybridized carbons (Fsp3) is 1.00. The maximum Gasteiger partial charge on any atom is 0.153 e. The van der Waals surface area contributed by atoms with E-state index < -0.39 is 0 Å². The summed E-state index contributed by atoms with van der Waals surface area (Å²) < 4.78 is 0. The lowest BCUT2D eigenvalue weighted by atomic mass is 9.16. The largest absolute Gasteiger partial charge is 0.317 e. The third-order valence-corrected chi connectivity index (χ3v) is 14.5. The minimum atomic E-state index is 0.579. The highest BCUT2D eigenvalue weighted by Gasteiger charge is 2.70. The molecular weight excluding hydrogens is 477 g/mol. The minimum absolute atomic E-state index is 0.579. The number of nitrogens with zero attached hydrogens (tertiary/aromatic N) is 1. The second-order valence-corrected chi connectivity index (χ2v) is 15.6. The Balaban J connectivity index is 1.26. The third kappa shape index (κ3) is 4.19. The number of fused-ring (bicyclic) bond motifs is 8. The Bertz CT molecular complexity index is 722. The fourth-order valence-corrected chi connectivity index (χ4v) is 13.6. The van der Waals surface area contributed by atoms with Gasteiger partial charge in [-0.05, 0) is 119 Å². The standard InChI is InChI=1S/C33H58BN5/c1-3-7-23(8-4-1)34-29-19-35-15-11-25(29)33(26-12-16-36-20-30(26)34)27-13-17-37-21-31(27)39(24-9-5-2-6-10-24)32-22-38-18-14-28(32)33/h23-32,35-38H,1-22H2. The highest BCUT2D eigenvalue weighted by atomic mass is 15.3. The van der Waals surface area contributed by atoms with Crippen LogP contribution in [0, 0.1) is 29.1 Å². The SMILES string of the molecule is C1CCC(B2C3CNCCC3C3(C4CCNCC24)C2CCNCC2N(C2CCCCC2)C2CNCCC23)CC1. The molecule has 2 saturated carbocycles. The molecule has 2 aliphatic carbocycles. The molecule has 0 amide bonds. The van der Waals surface area contributed by atoms with Crippen LogP contribution in [0.25, 0.3) is 0 Å². The van der Waals surface area contributed by atoms with Crippen molar-refractivity contribution < 1.29 is 0 Å². The van der Waals surface area contributed by atoms with Gasteiger partial charge in [-0.15, -0.1) is 0 Å². The summed E-state index contributed by atoms with van der Waals surface area (Å²) in [6.07, 6.45) is 20.8. The average Bonchev–Trinajstić information content (AvgIpc) is 3.02. The van der Waals surface area contributed by atoms with E-state index in [9.17, 15) is 0 Å². The molecule has 8 rings (SSSR count). The Hall–Kier alpha value is -0.135. The Kier molecular flexibility index (Phi) is 7.59. The highest BCUT2D eigenvalue weighted by Crippen LogP contribution is 2.71. The van der Waals surface area contributed by atoms with Gasteiger partial charge in [0.2, 0.25) is 0 Å². The van der Waals surface area contributed by atoms with Crippen LogP contribution >= 0.6 is 0 Å². The summed E-state index contributed by atoms with van der Waals surface area (Å²) in [7, 11) is 0. The first kappa shape index (κ1) is 26.5. The molecule has 1 spiro atoms. The monoisotopic (exact) mass is 535 g/mol. The molecule has 0 radical (unpaired) electrons. The van der Waals surface area contributed by atoms with Crippen molar-refractivity contribution in [3.05, 3.63) is 0 Å². The lowest BCUT2D eigenvalue weighted by Gasteiger charge is -2.74. The van der Waals surface area contributed by atoms with E-state index in [2.05, 4.69) is 26.2 Å². The smallest absolute Gasteiger partial charge is 0.153 e. The van der Waals surface area contributed by atoms with E-state index in [1.807, 2.05) is 0 Å². The predicted molar refractivity (Wildman–Crippen MR) is 163 cm³/mol. The van der Waals surface area contributed by atoms with Gasteiger partial charge in [-0.2, -0.15) is 0 Å². The van der Waals surface area contributed by atoms with E-state index in [1.165, 1.54) is 142 Å². The van der Waals surface area contributed by atoms with Crippen LogP contribution in [0.2, 0.25) is 17.5 Å². The summed E-state index contributed by atoms with van der Waals surface area (Å²) >= 11 is 0. The Morgan fingerprint density at radius 3 is 1.49 bits per heavy atom. The van der Waals surface area contributed by atoms with E-state index in [-0.39, 0.29) is 0 Å². The van der Waals surface area contributed by atoms with E-state index in [4.69, 9.17) is 0 Å². The van der Waals surface area contributed by atoms with Crippen LogP contribution in [0.1, 0.15) is 89.9 Å². The summed E-state index contributed by atoms with van der Waals surface area (Å²) in [4.78, 5) is 3.23. The van der Waals surface area contributed by atoms with Gasteiger partial charge in [0.05, 0.1) is 0 Å². The minimum Gasteiger partial charge on any atom is -0.317 e. The zero-order chi connectivity index (χ0) is 25.8. The van der Waals surface area contributed by atoms with Gasteiger partial charge >= 0.3 is 0 Å². The van der Waals surface area contributed by atoms with Crippen LogP contribution in [0.3, 0.4) is 0 Å². The molecule has 8 atom stereocenters. The molecule has 8 unspecified atom stereocenters. The first-order chi connectivity index (χ1) is 19.4. The van der Waals surface area contributed by atoms with Crippen molar-refractivity contribution in [2.75, 3.05) is 52.4 Å². The predicted octanol–water partition coefficient (Wildman–Crippen LogP) is 4.38. The summed E-state index contributed by atoms with van der Waals surface area (Å²) in [6, 6.07) is 2.41. The maximum absolute atomic E-state index is 4.02. The van der Waals surface area contributed by atoms with E-state index in [0.717, 1.165) is 66.0 Å². The molecule has 0 aromatic heterocycles. The number of nitrogens with one attached hydrogen (secondary N) is 4. The van der Waals surface area contributed by atoms with Crippen molar-refractivity contribution in [1.82, 2.24) is 26.2 Å². The van der Waals surface area contributed by atoms with Crippen molar-refractivity contribution in [3.63, 3.8) is 0 Å². The average molecular weight is 536 g/mol. The van der Waals surface area contributed by atoms with Crippen molar-refractivity contribution in [2.24, 2.45) is 29.1 Å². The summed E-state index contributed by atoms with van der Waals surface area (Å²) in [5, 5.41) is 16.0. The van der Waals surface area contributed by atoms with E-state index in [1.54, 1.807) is 0 Å². The third-order valence-electron chi connectivity index (χ3n) is 14.5. The van der Waals surface area contributed by atoms with E-state index >= 15 is 0 Å². The molecule has 8 fully saturated rings. The van der Waals surface area contributed by atoms with Gasteiger partial charge in [0.15, 0.2) is 6.71 Å². The fourth-order valence-electron chi connectivity index (χ4n) is 13.6. The number of hydrogen-bond acceptors (Lipinski definition) is 5. The zero-order valence-corrected chi connectivity index (χ0v) is 24.9. The van der Waals surface area contributed by atoms with Crippen LogP contribution in [0.5, 0.6) is 0 Å². The van der Waals surface area contributed by atoms with Gasteiger partial charge in [-0.3, -0.25) is 4.90 Å². The van der Waals surface area contributed by atoms with Gasteiger partial charge in [-0.25, -0.2) is 0 Å². The van der Waals surface area contributed by atoms with Crippen molar-refractivity contribution in [1.29, 1.82) is 0 Å². The van der Waals surface area contributed by atoms with Crippen LogP contribution in [0.15, 0.2) is 0 Å². The molecule has 39 heavy (non-hydrogen) atoms. The first-order valence-electron chi connectivity index (χ1n) is 18.0. The molecular formula is C33H58BN5. The summed E-state index contributed by atoms with van der Waals surface area (Å²) in [6.45, 7) is 11.3. The van der Waals surface area contributed by atoms with Crippen LogP contribution in [0.4, 0.5) is 0 Å². The summed E-state index contributed by atoms with van der Waals surface area (Å²) in [5.41, 5.74) is 0.579. The molecule has 4 N–H and O–H groups in total. The molecule has 0 aromatic carbocycles. The lowest BCUT2D eigenvalue weighted by Crippen LogP contribution is -2.78. The van der Waals surface area contributed by atoms with Crippen LogP contribution in [-0.2, 0) is 0 Å². The molecule has 6 aliphatic heterocycles. The van der Waals surface area contributed by atoms with Gasteiger partial charge in [0, 0.05) is 31.2 Å². The Labute approximate surface area is 239 Å². The Morgan fingerprint density at radius 2 is 0.949 bits per heavy atom. The second-order valence-electron chi connectivity index (χ2n) is 15.6. The van der Waals surface area contributed by atoms with E-state index in [0.29, 0.717) is 5.41 Å². The van der Waals surface area contributed by atoms with Crippen LogP contribution in [-0.4, -0.2) is 82.1 Å². The Morgan fingerprint density at radius 1 is 0.487 bits per heavy atom. The lowest BCUT2D eigenvalue weighted by molar-refractivity contribution is -0.207. The number of likely N-dealkylation sites (tertiary alicyclic amines) is 1.